The van der Waals surface area contributed by atoms with E-state index in [-0.39, 0.29) is 0 Å². The third kappa shape index (κ3) is 4.86. The van der Waals surface area contributed by atoms with Gasteiger partial charge in [0.2, 0.25) is 0 Å². The lowest BCUT2D eigenvalue weighted by atomic mass is 9.86. The molecular weight excluding hydrogens is 412 g/mol. The third-order valence-corrected chi connectivity index (χ3v) is 8.45. The van der Waals surface area contributed by atoms with Crippen molar-refractivity contribution in [1.82, 2.24) is 9.97 Å². The molecule has 0 aliphatic heterocycles. The second kappa shape index (κ2) is 9.73. The first-order chi connectivity index (χ1) is 14.6. The number of nitrogens with zero attached hydrogens (tertiary/aromatic N) is 2. The predicted molar refractivity (Wildman–Crippen MR) is 125 cm³/mol. The van der Waals surface area contributed by atoms with Gasteiger partial charge in [-0.25, -0.2) is 9.97 Å². The number of fused-ring (bicyclic) bond motifs is 1. The third-order valence-electron chi connectivity index (χ3n) is 6.74. The van der Waals surface area contributed by atoms with E-state index in [2.05, 4.69) is 18.8 Å². The molecule has 30 heavy (non-hydrogen) atoms. The molecule has 0 saturated heterocycles. The van der Waals surface area contributed by atoms with E-state index in [9.17, 15) is 4.21 Å². The topological polar surface area (TPSA) is 56.0 Å². The van der Waals surface area contributed by atoms with Crippen LogP contribution in [0.5, 0.6) is 0 Å². The summed E-state index contributed by atoms with van der Waals surface area (Å²) in [7, 11) is -1.07. The van der Waals surface area contributed by atoms with E-state index in [4.69, 9.17) is 9.40 Å². The van der Waals surface area contributed by atoms with Crippen LogP contribution < -0.4 is 0 Å². The van der Waals surface area contributed by atoms with Crippen molar-refractivity contribution in [3.05, 3.63) is 29.6 Å². The molecule has 162 valence electrons. The first-order valence-electron chi connectivity index (χ1n) is 11.2. The summed E-state index contributed by atoms with van der Waals surface area (Å²) in [5, 5.41) is 2.84. The van der Waals surface area contributed by atoms with Crippen LogP contribution in [0.3, 0.4) is 0 Å². The number of thiazole rings is 1. The zero-order valence-electron chi connectivity index (χ0n) is 18.2. The largest absolute Gasteiger partial charge is 0.440 e. The van der Waals surface area contributed by atoms with Crippen molar-refractivity contribution in [2.24, 2.45) is 17.8 Å². The first-order valence-corrected chi connectivity index (χ1v) is 13.7. The summed E-state index contributed by atoms with van der Waals surface area (Å²) < 4.78 is 18.4. The number of hydrogen-bond acceptors (Lipinski definition) is 5. The minimum Gasteiger partial charge on any atom is -0.440 e. The zero-order valence-corrected chi connectivity index (χ0v) is 19.9. The van der Waals surface area contributed by atoms with Gasteiger partial charge in [0.15, 0.2) is 11.5 Å². The van der Waals surface area contributed by atoms with Crippen LogP contribution in [0, 0.1) is 17.8 Å². The molecule has 0 N–H and O–H groups in total. The van der Waals surface area contributed by atoms with E-state index in [0.29, 0.717) is 0 Å². The number of benzene rings is 1. The molecule has 1 aliphatic rings. The lowest BCUT2D eigenvalue weighted by Gasteiger charge is -2.19. The molecule has 0 amide bonds. The average Bonchev–Trinajstić information content (AvgIpc) is 3.37. The van der Waals surface area contributed by atoms with Crippen LogP contribution >= 0.6 is 11.3 Å². The van der Waals surface area contributed by atoms with Crippen LogP contribution in [0.1, 0.15) is 64.7 Å². The van der Waals surface area contributed by atoms with E-state index in [1.165, 1.54) is 38.5 Å². The predicted octanol–water partition coefficient (Wildman–Crippen LogP) is 6.86. The Labute approximate surface area is 186 Å². The van der Waals surface area contributed by atoms with Crippen molar-refractivity contribution in [3.63, 3.8) is 0 Å². The number of hydrogen-bond donors (Lipinski definition) is 0. The molecule has 2 heterocycles. The van der Waals surface area contributed by atoms with Gasteiger partial charge in [-0.2, -0.15) is 0 Å². The van der Waals surface area contributed by atoms with Gasteiger partial charge in [-0.15, -0.1) is 11.3 Å². The number of aryl methyl sites for hydroxylation is 1. The Morgan fingerprint density at radius 3 is 2.47 bits per heavy atom. The van der Waals surface area contributed by atoms with Crippen LogP contribution in [0.25, 0.3) is 21.7 Å². The monoisotopic (exact) mass is 444 g/mol. The van der Waals surface area contributed by atoms with E-state index in [1.807, 2.05) is 17.5 Å². The molecule has 0 radical (unpaired) electrons. The maximum absolute atomic E-state index is 12.1. The molecule has 1 fully saturated rings. The minimum atomic E-state index is -1.07. The molecule has 4 nitrogen and oxygen atoms in total. The van der Waals surface area contributed by atoms with Gasteiger partial charge in [-0.1, -0.05) is 39.5 Å². The van der Waals surface area contributed by atoms with Crippen molar-refractivity contribution in [2.45, 2.75) is 70.1 Å². The summed E-state index contributed by atoms with van der Waals surface area (Å²) in [4.78, 5) is 10.0. The highest BCUT2D eigenvalue weighted by Gasteiger charge is 2.25. The fraction of sp³-hybridized carbons (Fsp3) is 0.583. The molecule has 3 unspecified atom stereocenters. The van der Waals surface area contributed by atoms with Crippen molar-refractivity contribution in [2.75, 3.05) is 6.26 Å². The zero-order chi connectivity index (χ0) is 21.1. The Morgan fingerprint density at radius 1 is 1.13 bits per heavy atom. The Kier molecular flexibility index (Phi) is 7.04. The van der Waals surface area contributed by atoms with E-state index in [1.54, 1.807) is 23.8 Å². The Bertz CT molecular complexity index is 982. The molecular formula is C24H32N2O2S2. The van der Waals surface area contributed by atoms with Crippen molar-refractivity contribution >= 4 is 33.2 Å². The highest BCUT2D eigenvalue weighted by molar-refractivity contribution is 7.84. The summed E-state index contributed by atoms with van der Waals surface area (Å²) in [5.41, 5.74) is 2.47. The van der Waals surface area contributed by atoms with Crippen LogP contribution in [-0.2, 0) is 17.2 Å². The van der Waals surface area contributed by atoms with Crippen LogP contribution in [0.4, 0.5) is 0 Å². The van der Waals surface area contributed by atoms with Gasteiger partial charge in [-0.05, 0) is 49.1 Å². The van der Waals surface area contributed by atoms with E-state index < -0.39 is 10.8 Å². The smallest absolute Gasteiger partial charge is 0.195 e. The Morgan fingerprint density at radius 2 is 1.87 bits per heavy atom. The quantitative estimate of drug-likeness (QED) is 0.373. The standard InChI is InChI=1S/C24H32N2O2S2/c1-4-16-6-7-17(5-2)13-18(12-16)8-9-22-26-21-15-19(30(3)27)14-20(23(21)28-22)24-25-10-11-29-24/h10-11,14-18H,4-9,12-13H2,1-3H3. The van der Waals surface area contributed by atoms with E-state index in [0.717, 1.165) is 63.1 Å². The van der Waals surface area contributed by atoms with Gasteiger partial charge in [0.25, 0.3) is 0 Å². The van der Waals surface area contributed by atoms with Crippen LogP contribution in [0.15, 0.2) is 33.0 Å². The highest BCUT2D eigenvalue weighted by Crippen LogP contribution is 2.37. The Balaban J connectivity index is 1.57. The molecule has 1 aromatic carbocycles. The molecule has 0 spiro atoms. The van der Waals surface area contributed by atoms with Crippen molar-refractivity contribution in [3.8, 4) is 10.6 Å². The lowest BCUT2D eigenvalue weighted by molar-refractivity contribution is 0.321. The van der Waals surface area contributed by atoms with Crippen molar-refractivity contribution in [1.29, 1.82) is 0 Å². The minimum absolute atomic E-state index is 0.759. The second-order valence-corrected chi connectivity index (χ2v) is 11.0. The highest BCUT2D eigenvalue weighted by atomic mass is 32.2. The number of oxazole rings is 1. The molecule has 1 aliphatic carbocycles. The fourth-order valence-electron chi connectivity index (χ4n) is 4.89. The summed E-state index contributed by atoms with van der Waals surface area (Å²) >= 11 is 1.57. The van der Waals surface area contributed by atoms with Crippen molar-refractivity contribution < 1.29 is 8.63 Å². The van der Waals surface area contributed by atoms with Gasteiger partial charge in [0.05, 0.1) is 5.56 Å². The maximum atomic E-state index is 12.1. The van der Waals surface area contributed by atoms with Gasteiger partial charge in [0.1, 0.15) is 10.5 Å². The number of aromatic nitrogens is 2. The first kappa shape index (κ1) is 21.7. The molecule has 3 atom stereocenters. The summed E-state index contributed by atoms with van der Waals surface area (Å²) in [6, 6.07) is 3.84. The summed E-state index contributed by atoms with van der Waals surface area (Å²) in [6.45, 7) is 4.68. The fourth-order valence-corrected chi connectivity index (χ4v) is 6.10. The van der Waals surface area contributed by atoms with Crippen LogP contribution in [-0.4, -0.2) is 20.4 Å². The second-order valence-electron chi connectivity index (χ2n) is 8.72. The molecule has 3 aromatic rings. The lowest BCUT2D eigenvalue weighted by Crippen LogP contribution is -2.09. The summed E-state index contributed by atoms with van der Waals surface area (Å²) in [5.74, 6) is 3.30. The van der Waals surface area contributed by atoms with Gasteiger partial charge in [0, 0.05) is 39.9 Å². The molecule has 0 bridgehead atoms. The molecule has 1 saturated carbocycles. The normalized spacial score (nSPS) is 23.5. The average molecular weight is 445 g/mol. The number of rotatable bonds is 7. The molecule has 2 aromatic heterocycles. The van der Waals surface area contributed by atoms with Crippen LogP contribution in [0.2, 0.25) is 0 Å². The van der Waals surface area contributed by atoms with Gasteiger partial charge in [-0.3, -0.25) is 4.21 Å². The molecule has 4 rings (SSSR count). The summed E-state index contributed by atoms with van der Waals surface area (Å²) in [6.07, 6.45) is 13.6. The van der Waals surface area contributed by atoms with Gasteiger partial charge < -0.3 is 4.42 Å². The van der Waals surface area contributed by atoms with E-state index >= 15 is 0 Å². The SMILES string of the molecule is CCC1CCC(CC)CC(CCc2nc3cc(S(C)=O)cc(-c4nccs4)c3o2)C1. The Hall–Kier alpha value is -1.53. The van der Waals surface area contributed by atoms with Gasteiger partial charge >= 0.3 is 0 Å². The molecule has 6 heteroatoms. The maximum Gasteiger partial charge on any atom is 0.195 e.